The average Bonchev–Trinajstić information content (AvgIpc) is 3.48. The lowest BCUT2D eigenvalue weighted by Crippen LogP contribution is -2.10. The maximum absolute atomic E-state index is 6.35. The van der Waals surface area contributed by atoms with E-state index >= 15 is 0 Å². The fourth-order valence-corrected chi connectivity index (χ4v) is 6.26. The van der Waals surface area contributed by atoms with Gasteiger partial charge in [0.1, 0.15) is 5.58 Å². The molecule has 1 N–H and O–H groups in total. The number of nitrogens with zero attached hydrogens (tertiary/aromatic N) is 3. The molecule has 1 aliphatic rings. The Labute approximate surface area is 259 Å². The Morgan fingerprint density at radius 3 is 1.89 bits per heavy atom. The lowest BCUT2D eigenvalue weighted by Gasteiger charge is -2.15. The monoisotopic (exact) mass is 578 g/mol. The van der Waals surface area contributed by atoms with Gasteiger partial charge in [0.15, 0.2) is 17.5 Å². The highest BCUT2D eigenvalue weighted by Gasteiger charge is 2.25. The van der Waals surface area contributed by atoms with Crippen LogP contribution in [-0.4, -0.2) is 21.5 Å². The van der Waals surface area contributed by atoms with Crippen LogP contribution in [0.15, 0.2) is 144 Å². The van der Waals surface area contributed by atoms with Crippen molar-refractivity contribution in [2.24, 2.45) is 0 Å². The van der Waals surface area contributed by atoms with Gasteiger partial charge in [-0.25, -0.2) is 15.0 Å². The van der Waals surface area contributed by atoms with Crippen molar-refractivity contribution in [1.29, 1.82) is 0 Å². The van der Waals surface area contributed by atoms with Gasteiger partial charge in [0, 0.05) is 28.6 Å². The van der Waals surface area contributed by atoms with E-state index in [4.69, 9.17) is 19.4 Å². The molecule has 0 unspecified atom stereocenters. The Morgan fingerprint density at radius 2 is 1.11 bits per heavy atom. The van der Waals surface area contributed by atoms with Crippen molar-refractivity contribution in [3.63, 3.8) is 0 Å². The summed E-state index contributed by atoms with van der Waals surface area (Å²) in [7, 11) is 0. The van der Waals surface area contributed by atoms with E-state index in [0.29, 0.717) is 24.0 Å². The summed E-state index contributed by atoms with van der Waals surface area (Å²) in [5.74, 6) is 2.62. The van der Waals surface area contributed by atoms with Gasteiger partial charge in [-0.05, 0) is 56.9 Å². The van der Waals surface area contributed by atoms with Crippen molar-refractivity contribution in [2.45, 2.75) is 0 Å². The molecule has 6 aromatic carbocycles. The number of aromatic nitrogens is 3. The third-order valence-electron chi connectivity index (χ3n) is 8.51. The molecule has 5 heteroatoms. The number of rotatable bonds is 4. The molecule has 9 rings (SSSR count). The average molecular weight is 579 g/mol. The van der Waals surface area contributed by atoms with Crippen LogP contribution in [0.2, 0.25) is 0 Å². The Bertz CT molecular complexity index is 2430. The van der Waals surface area contributed by atoms with Gasteiger partial charge in [-0.3, -0.25) is 0 Å². The van der Waals surface area contributed by atoms with Crippen LogP contribution in [-0.2, 0) is 0 Å². The third kappa shape index (κ3) is 4.45. The fourth-order valence-electron chi connectivity index (χ4n) is 6.26. The van der Waals surface area contributed by atoms with Crippen LogP contribution >= 0.6 is 0 Å². The number of hydrogen-bond donors (Lipinski definition) is 1. The first-order valence-corrected chi connectivity index (χ1v) is 15.1. The lowest BCUT2D eigenvalue weighted by molar-refractivity contribution is 0.628. The lowest BCUT2D eigenvalue weighted by atomic mass is 9.98. The Balaban J connectivity index is 1.23. The molecule has 5 nitrogen and oxygen atoms in total. The topological polar surface area (TPSA) is 63.8 Å². The molecule has 45 heavy (non-hydrogen) atoms. The van der Waals surface area contributed by atoms with Crippen molar-refractivity contribution < 1.29 is 4.42 Å². The maximum Gasteiger partial charge on any atom is 0.202 e. The minimum atomic E-state index is 0.613. The number of benzene rings is 6. The predicted octanol–water partition coefficient (Wildman–Crippen LogP) is 9.78. The first-order valence-electron chi connectivity index (χ1n) is 15.1. The first-order chi connectivity index (χ1) is 22.3. The zero-order chi connectivity index (χ0) is 29.7. The largest absolute Gasteiger partial charge is 0.440 e. The molecule has 0 amide bonds. The molecule has 0 spiro atoms. The van der Waals surface area contributed by atoms with Gasteiger partial charge in [-0.15, -0.1) is 0 Å². The Hall–Kier alpha value is -6.07. The molecule has 0 aliphatic carbocycles. The van der Waals surface area contributed by atoms with Crippen LogP contribution < -0.4 is 5.32 Å². The van der Waals surface area contributed by atoms with Crippen molar-refractivity contribution in [1.82, 2.24) is 15.0 Å². The Morgan fingerprint density at radius 1 is 0.489 bits per heavy atom. The number of hydrogen-bond acceptors (Lipinski definition) is 5. The second kappa shape index (κ2) is 10.3. The summed E-state index contributed by atoms with van der Waals surface area (Å²) >= 11 is 0. The summed E-state index contributed by atoms with van der Waals surface area (Å²) in [5.41, 5.74) is 6.98. The minimum Gasteiger partial charge on any atom is -0.440 e. The number of furan rings is 1. The molecule has 2 aromatic heterocycles. The summed E-state index contributed by atoms with van der Waals surface area (Å²) in [4.78, 5) is 15.2. The summed E-state index contributed by atoms with van der Waals surface area (Å²) in [6, 6.07) is 46.2. The molecule has 3 heterocycles. The van der Waals surface area contributed by atoms with Gasteiger partial charge < -0.3 is 9.73 Å². The zero-order valence-electron chi connectivity index (χ0n) is 24.2. The molecule has 0 saturated heterocycles. The van der Waals surface area contributed by atoms with E-state index < -0.39 is 0 Å². The van der Waals surface area contributed by atoms with E-state index in [1.54, 1.807) is 0 Å². The highest BCUT2D eigenvalue weighted by molar-refractivity contribution is 6.06. The van der Waals surface area contributed by atoms with E-state index in [9.17, 15) is 0 Å². The van der Waals surface area contributed by atoms with Crippen LogP contribution in [0.5, 0.6) is 0 Å². The maximum atomic E-state index is 6.35. The second-order valence-corrected chi connectivity index (χ2v) is 11.3. The van der Waals surface area contributed by atoms with Crippen molar-refractivity contribution in [3.8, 4) is 33.9 Å². The van der Waals surface area contributed by atoms with Crippen LogP contribution in [0.3, 0.4) is 0 Å². The molecule has 0 atom stereocenters. The highest BCUT2D eigenvalue weighted by Crippen LogP contribution is 2.41. The summed E-state index contributed by atoms with van der Waals surface area (Å²) in [5, 5.41) is 9.05. The van der Waals surface area contributed by atoms with Gasteiger partial charge in [-0.1, -0.05) is 115 Å². The van der Waals surface area contributed by atoms with Crippen LogP contribution in [0.1, 0.15) is 11.4 Å². The fraction of sp³-hybridized carbons (Fsp3) is 0.0250. The van der Waals surface area contributed by atoms with E-state index in [2.05, 4.69) is 102 Å². The second-order valence-electron chi connectivity index (χ2n) is 11.3. The summed E-state index contributed by atoms with van der Waals surface area (Å²) in [6.07, 6.45) is 2.15. The van der Waals surface area contributed by atoms with Gasteiger partial charge in [0.05, 0.1) is 5.56 Å². The summed E-state index contributed by atoms with van der Waals surface area (Å²) < 4.78 is 6.35. The standard InChI is InChI=1S/C40H26N4O/c1-3-9-25(10-4-1)30-17-15-26-16-18-31(22-32(26)21-30)38-42-37(27-11-5-2-6-12-27)43-39(44-38)33-19-20-41-40-36(33)34-23-28-13-7-8-14-29(28)24-35(34)45-40/h1-19,21-24,41H,20H2. The third-order valence-corrected chi connectivity index (χ3v) is 8.51. The summed E-state index contributed by atoms with van der Waals surface area (Å²) in [6.45, 7) is 0.613. The molecule has 0 radical (unpaired) electrons. The molecule has 0 fully saturated rings. The van der Waals surface area contributed by atoms with E-state index in [1.165, 1.54) is 16.5 Å². The first kappa shape index (κ1) is 25.4. The van der Waals surface area contributed by atoms with E-state index in [0.717, 1.165) is 55.3 Å². The molecular weight excluding hydrogens is 552 g/mol. The molecule has 0 saturated carbocycles. The van der Waals surface area contributed by atoms with Crippen molar-refractivity contribution in [2.75, 3.05) is 11.9 Å². The van der Waals surface area contributed by atoms with Crippen molar-refractivity contribution in [3.05, 3.63) is 151 Å². The van der Waals surface area contributed by atoms with Crippen LogP contribution in [0, 0.1) is 0 Å². The minimum absolute atomic E-state index is 0.613. The van der Waals surface area contributed by atoms with Crippen molar-refractivity contribution >= 4 is 44.0 Å². The quantitative estimate of drug-likeness (QED) is 0.225. The van der Waals surface area contributed by atoms with E-state index in [1.807, 2.05) is 42.5 Å². The van der Waals surface area contributed by atoms with Gasteiger partial charge in [0.25, 0.3) is 0 Å². The zero-order valence-corrected chi connectivity index (χ0v) is 24.2. The van der Waals surface area contributed by atoms with Crippen LogP contribution in [0.4, 0.5) is 5.88 Å². The van der Waals surface area contributed by atoms with Crippen LogP contribution in [0.25, 0.3) is 72.0 Å². The smallest absolute Gasteiger partial charge is 0.202 e. The highest BCUT2D eigenvalue weighted by atomic mass is 16.3. The molecule has 1 aliphatic heterocycles. The Kier molecular flexibility index (Phi) is 5.81. The number of fused-ring (bicyclic) bond motifs is 5. The molecule has 212 valence electrons. The number of nitrogens with one attached hydrogen (secondary N) is 1. The van der Waals surface area contributed by atoms with Gasteiger partial charge in [0.2, 0.25) is 5.88 Å². The molecular formula is C40H26N4O. The molecule has 0 bridgehead atoms. The molecule has 8 aromatic rings. The normalized spacial score (nSPS) is 12.7. The van der Waals surface area contributed by atoms with Gasteiger partial charge in [-0.2, -0.15) is 0 Å². The number of anilines is 1. The van der Waals surface area contributed by atoms with E-state index in [-0.39, 0.29) is 0 Å². The predicted molar refractivity (Wildman–Crippen MR) is 183 cm³/mol. The SMILES string of the molecule is C1=C(c2nc(-c3ccccc3)nc(-c3ccc4ccc(-c5ccccc5)cc4c3)n2)c2c(oc3cc4ccccc4cc23)NC1. The van der Waals surface area contributed by atoms with Gasteiger partial charge >= 0.3 is 0 Å².